The van der Waals surface area contributed by atoms with Crippen LogP contribution < -0.4 is 5.32 Å². The number of carbonyl (C=O) groups is 1. The fourth-order valence-electron chi connectivity index (χ4n) is 3.19. The monoisotopic (exact) mass is 245 g/mol. The SMILES string of the molecule is CN1CC2(Cc3ccccc3)CNCCN2C1=O. The smallest absolute Gasteiger partial charge is 0.320 e. The van der Waals surface area contributed by atoms with Crippen LogP contribution in [0.15, 0.2) is 30.3 Å². The van der Waals surface area contributed by atoms with Gasteiger partial charge in [0.05, 0.1) is 5.54 Å². The van der Waals surface area contributed by atoms with E-state index in [1.165, 1.54) is 5.56 Å². The quantitative estimate of drug-likeness (QED) is 0.841. The van der Waals surface area contributed by atoms with Crippen molar-refractivity contribution in [3.63, 3.8) is 0 Å². The summed E-state index contributed by atoms with van der Waals surface area (Å²) in [5, 5.41) is 3.44. The highest BCUT2D eigenvalue weighted by atomic mass is 16.2. The Labute approximate surface area is 108 Å². The van der Waals surface area contributed by atoms with E-state index < -0.39 is 0 Å². The van der Waals surface area contributed by atoms with Crippen molar-refractivity contribution >= 4 is 6.03 Å². The highest BCUT2D eigenvalue weighted by molar-refractivity contribution is 5.78. The number of urea groups is 1. The Morgan fingerprint density at radius 1 is 1.33 bits per heavy atom. The Morgan fingerprint density at radius 2 is 2.11 bits per heavy atom. The van der Waals surface area contributed by atoms with Gasteiger partial charge >= 0.3 is 6.03 Å². The highest BCUT2D eigenvalue weighted by Crippen LogP contribution is 2.30. The molecular formula is C14H19N3O. The van der Waals surface area contributed by atoms with Gasteiger partial charge in [-0.05, 0) is 12.0 Å². The average Bonchev–Trinajstić information content (AvgIpc) is 2.63. The third kappa shape index (κ3) is 1.77. The van der Waals surface area contributed by atoms with Crippen LogP contribution in [0, 0.1) is 0 Å². The van der Waals surface area contributed by atoms with Crippen LogP contribution in [0.25, 0.3) is 0 Å². The van der Waals surface area contributed by atoms with Crippen molar-refractivity contribution in [3.8, 4) is 0 Å². The molecule has 0 bridgehead atoms. The van der Waals surface area contributed by atoms with Crippen molar-refractivity contribution in [2.24, 2.45) is 0 Å². The molecule has 3 rings (SSSR count). The molecule has 18 heavy (non-hydrogen) atoms. The number of piperazine rings is 1. The van der Waals surface area contributed by atoms with E-state index in [4.69, 9.17) is 0 Å². The third-order valence-electron chi connectivity index (χ3n) is 4.00. The van der Waals surface area contributed by atoms with Crippen molar-refractivity contribution in [3.05, 3.63) is 35.9 Å². The lowest BCUT2D eigenvalue weighted by atomic mass is 9.88. The lowest BCUT2D eigenvalue weighted by Gasteiger charge is -2.41. The van der Waals surface area contributed by atoms with E-state index in [0.29, 0.717) is 0 Å². The molecule has 1 N–H and O–H groups in total. The predicted octanol–water partition coefficient (Wildman–Crippen LogP) is 0.939. The predicted molar refractivity (Wildman–Crippen MR) is 70.5 cm³/mol. The summed E-state index contributed by atoms with van der Waals surface area (Å²) >= 11 is 0. The molecule has 0 spiro atoms. The van der Waals surface area contributed by atoms with Crippen LogP contribution in [0.1, 0.15) is 5.56 Å². The number of likely N-dealkylation sites (N-methyl/N-ethyl adjacent to an activating group) is 1. The van der Waals surface area contributed by atoms with Crippen molar-refractivity contribution in [1.82, 2.24) is 15.1 Å². The van der Waals surface area contributed by atoms with Gasteiger partial charge in [0.15, 0.2) is 0 Å². The Morgan fingerprint density at radius 3 is 2.89 bits per heavy atom. The summed E-state index contributed by atoms with van der Waals surface area (Å²) in [7, 11) is 1.90. The zero-order chi connectivity index (χ0) is 12.6. The molecule has 0 saturated carbocycles. The van der Waals surface area contributed by atoms with Gasteiger partial charge in [-0.15, -0.1) is 0 Å². The van der Waals surface area contributed by atoms with Crippen molar-refractivity contribution in [2.45, 2.75) is 12.0 Å². The zero-order valence-electron chi connectivity index (χ0n) is 10.7. The van der Waals surface area contributed by atoms with E-state index in [9.17, 15) is 4.79 Å². The molecular weight excluding hydrogens is 226 g/mol. The van der Waals surface area contributed by atoms with Crippen LogP contribution in [-0.2, 0) is 6.42 Å². The lowest BCUT2D eigenvalue weighted by Crippen LogP contribution is -2.61. The fourth-order valence-corrected chi connectivity index (χ4v) is 3.19. The number of rotatable bonds is 2. The summed E-state index contributed by atoms with van der Waals surface area (Å²) in [4.78, 5) is 16.1. The minimum absolute atomic E-state index is 0.0641. The van der Waals surface area contributed by atoms with Crippen LogP contribution in [-0.4, -0.2) is 54.6 Å². The van der Waals surface area contributed by atoms with Crippen molar-refractivity contribution in [1.29, 1.82) is 0 Å². The minimum Gasteiger partial charge on any atom is -0.325 e. The molecule has 2 amide bonds. The first-order valence-electron chi connectivity index (χ1n) is 6.49. The molecule has 2 heterocycles. The largest absolute Gasteiger partial charge is 0.325 e. The number of benzene rings is 1. The number of nitrogens with one attached hydrogen (secondary N) is 1. The van der Waals surface area contributed by atoms with Crippen LogP contribution in [0.5, 0.6) is 0 Å². The Kier molecular flexibility index (Phi) is 2.74. The second-order valence-electron chi connectivity index (χ2n) is 5.35. The molecule has 2 fully saturated rings. The third-order valence-corrected chi connectivity index (χ3v) is 4.00. The zero-order valence-corrected chi connectivity index (χ0v) is 10.7. The number of carbonyl (C=O) groups excluding carboxylic acids is 1. The van der Waals surface area contributed by atoms with E-state index in [1.807, 2.05) is 18.0 Å². The number of nitrogens with zero attached hydrogens (tertiary/aromatic N) is 2. The van der Waals surface area contributed by atoms with E-state index in [1.54, 1.807) is 0 Å². The Bertz CT molecular complexity index is 448. The molecule has 0 radical (unpaired) electrons. The van der Waals surface area contributed by atoms with Crippen LogP contribution >= 0.6 is 0 Å². The maximum atomic E-state index is 12.2. The summed E-state index contributed by atoms with van der Waals surface area (Å²) in [5.74, 6) is 0. The number of amides is 2. The van der Waals surface area contributed by atoms with E-state index in [0.717, 1.165) is 32.6 Å². The standard InChI is InChI=1S/C14H19N3O/c1-16-11-14(9-12-5-3-2-4-6-12)10-15-7-8-17(14)13(16)18/h2-6,15H,7-11H2,1H3. The van der Waals surface area contributed by atoms with Crippen LogP contribution in [0.3, 0.4) is 0 Å². The van der Waals surface area contributed by atoms with Gasteiger partial charge in [-0.25, -0.2) is 4.79 Å². The maximum absolute atomic E-state index is 12.2. The maximum Gasteiger partial charge on any atom is 0.320 e. The minimum atomic E-state index is -0.0641. The number of hydrogen-bond donors (Lipinski definition) is 1. The van der Waals surface area contributed by atoms with Gasteiger partial charge in [-0.1, -0.05) is 30.3 Å². The molecule has 1 aromatic rings. The number of hydrogen-bond acceptors (Lipinski definition) is 2. The molecule has 2 aliphatic heterocycles. The molecule has 1 atom stereocenters. The molecule has 0 aliphatic carbocycles. The molecule has 2 saturated heterocycles. The fraction of sp³-hybridized carbons (Fsp3) is 0.500. The summed E-state index contributed by atoms with van der Waals surface area (Å²) in [6, 6.07) is 10.6. The van der Waals surface area contributed by atoms with Crippen LogP contribution in [0.2, 0.25) is 0 Å². The summed E-state index contributed by atoms with van der Waals surface area (Å²) in [6.45, 7) is 3.41. The normalized spacial score (nSPS) is 27.5. The van der Waals surface area contributed by atoms with Gasteiger partial charge in [0.25, 0.3) is 0 Å². The Hall–Kier alpha value is -1.55. The molecule has 1 aromatic carbocycles. The van der Waals surface area contributed by atoms with Gasteiger partial charge in [0.1, 0.15) is 0 Å². The highest BCUT2D eigenvalue weighted by Gasteiger charge is 2.49. The summed E-state index contributed by atoms with van der Waals surface area (Å²) in [5.41, 5.74) is 1.24. The number of fused-ring (bicyclic) bond motifs is 1. The second kappa shape index (κ2) is 4.28. The van der Waals surface area contributed by atoms with Gasteiger partial charge < -0.3 is 15.1 Å². The topological polar surface area (TPSA) is 35.6 Å². The van der Waals surface area contributed by atoms with Gasteiger partial charge in [-0.2, -0.15) is 0 Å². The molecule has 96 valence electrons. The summed E-state index contributed by atoms with van der Waals surface area (Å²) < 4.78 is 0. The van der Waals surface area contributed by atoms with E-state index in [-0.39, 0.29) is 11.6 Å². The van der Waals surface area contributed by atoms with Gasteiger partial charge in [-0.3, -0.25) is 0 Å². The molecule has 1 unspecified atom stereocenters. The first kappa shape index (κ1) is 11.5. The Balaban J connectivity index is 1.89. The molecule has 4 heteroatoms. The van der Waals surface area contributed by atoms with Crippen molar-refractivity contribution in [2.75, 3.05) is 33.2 Å². The first-order chi connectivity index (χ1) is 8.71. The second-order valence-corrected chi connectivity index (χ2v) is 5.35. The lowest BCUT2D eigenvalue weighted by molar-refractivity contribution is 0.129. The molecule has 4 nitrogen and oxygen atoms in total. The average molecular weight is 245 g/mol. The molecule has 0 aromatic heterocycles. The van der Waals surface area contributed by atoms with E-state index >= 15 is 0 Å². The van der Waals surface area contributed by atoms with Gasteiger partial charge in [0, 0.05) is 33.2 Å². The first-order valence-corrected chi connectivity index (χ1v) is 6.49. The van der Waals surface area contributed by atoms with Gasteiger partial charge in [0.2, 0.25) is 0 Å². The van der Waals surface area contributed by atoms with E-state index in [2.05, 4.69) is 34.5 Å². The molecule has 2 aliphatic rings. The van der Waals surface area contributed by atoms with Crippen LogP contribution in [0.4, 0.5) is 4.79 Å². The summed E-state index contributed by atoms with van der Waals surface area (Å²) in [6.07, 6.45) is 0.927. The van der Waals surface area contributed by atoms with Crippen molar-refractivity contribution < 1.29 is 4.79 Å².